The Kier molecular flexibility index (Phi) is 9.40. The number of piperazine rings is 1. The number of amides is 2. The molecule has 1 saturated heterocycles. The van der Waals surface area contributed by atoms with Gasteiger partial charge in [0.2, 0.25) is 5.91 Å². The van der Waals surface area contributed by atoms with Crippen LogP contribution in [0.25, 0.3) is 22.2 Å². The van der Waals surface area contributed by atoms with Crippen LogP contribution >= 0.6 is 0 Å². The van der Waals surface area contributed by atoms with E-state index >= 15 is 0 Å². The van der Waals surface area contributed by atoms with Gasteiger partial charge in [-0.25, -0.2) is 4.98 Å². The van der Waals surface area contributed by atoms with Crippen molar-refractivity contribution in [1.82, 2.24) is 20.1 Å². The fourth-order valence-corrected chi connectivity index (χ4v) is 5.97. The normalized spacial score (nSPS) is 14.8. The molecule has 0 aliphatic carbocycles. The molecule has 5 rings (SSSR count). The summed E-state index contributed by atoms with van der Waals surface area (Å²) in [6.07, 6.45) is 0.139. The summed E-state index contributed by atoms with van der Waals surface area (Å²) < 4.78 is 0. The summed E-state index contributed by atoms with van der Waals surface area (Å²) >= 11 is 0. The van der Waals surface area contributed by atoms with E-state index in [0.717, 1.165) is 33.3 Å². The third-order valence-electron chi connectivity index (χ3n) is 8.28. The Bertz CT molecular complexity index is 1630. The van der Waals surface area contributed by atoms with Gasteiger partial charge in [-0.2, -0.15) is 0 Å². The van der Waals surface area contributed by atoms with Gasteiger partial charge in [-0.05, 0) is 24.0 Å². The van der Waals surface area contributed by atoms with Gasteiger partial charge in [0, 0.05) is 55.7 Å². The Morgan fingerprint density at radius 3 is 2.14 bits per heavy atom. The van der Waals surface area contributed by atoms with Gasteiger partial charge >= 0.3 is 5.97 Å². The van der Waals surface area contributed by atoms with Crippen LogP contribution in [0.1, 0.15) is 61.1 Å². The Balaban J connectivity index is 1.45. The molecule has 2 heterocycles. The van der Waals surface area contributed by atoms with Crippen molar-refractivity contribution in [1.29, 1.82) is 0 Å². The highest BCUT2D eigenvalue weighted by atomic mass is 16.4. The lowest BCUT2D eigenvalue weighted by Crippen LogP contribution is -2.49. The molecule has 0 bridgehead atoms. The van der Waals surface area contributed by atoms with Gasteiger partial charge in [0.25, 0.3) is 5.91 Å². The molecule has 2 amide bonds. The number of para-hydroxylation sites is 1. The quantitative estimate of drug-likeness (QED) is 0.237. The number of carboxylic acids is 1. The largest absolute Gasteiger partial charge is 0.481 e. The summed E-state index contributed by atoms with van der Waals surface area (Å²) in [6, 6.07) is 27.5. The molecule has 228 valence electrons. The molecule has 0 spiro atoms. The highest BCUT2D eigenvalue weighted by Gasteiger charge is 2.31. The van der Waals surface area contributed by atoms with Crippen molar-refractivity contribution in [2.75, 3.05) is 26.2 Å². The van der Waals surface area contributed by atoms with E-state index in [-0.39, 0.29) is 30.7 Å². The van der Waals surface area contributed by atoms with E-state index in [1.54, 1.807) is 0 Å². The summed E-state index contributed by atoms with van der Waals surface area (Å²) in [4.78, 5) is 47.7. The van der Waals surface area contributed by atoms with Gasteiger partial charge < -0.3 is 15.3 Å². The van der Waals surface area contributed by atoms with Crippen molar-refractivity contribution in [3.05, 3.63) is 102 Å². The number of nitrogens with one attached hydrogen (secondary N) is 1. The van der Waals surface area contributed by atoms with Crippen LogP contribution in [0.15, 0.2) is 84.9 Å². The number of carboxylic acid groups (broad SMARTS) is 1. The fraction of sp³-hybridized carbons (Fsp3) is 0.333. The van der Waals surface area contributed by atoms with Crippen molar-refractivity contribution >= 4 is 28.7 Å². The Morgan fingerprint density at radius 2 is 1.48 bits per heavy atom. The van der Waals surface area contributed by atoms with Crippen molar-refractivity contribution in [3.8, 4) is 11.3 Å². The smallest absolute Gasteiger partial charge is 0.303 e. The summed E-state index contributed by atoms with van der Waals surface area (Å²) in [5.41, 5.74) is 4.36. The molecule has 8 heteroatoms. The molecule has 0 saturated carbocycles. The second-order valence-electron chi connectivity index (χ2n) is 12.4. The van der Waals surface area contributed by atoms with Crippen LogP contribution in [0.5, 0.6) is 0 Å². The Labute approximate surface area is 258 Å². The second-order valence-corrected chi connectivity index (χ2v) is 12.4. The zero-order chi connectivity index (χ0) is 31.3. The van der Waals surface area contributed by atoms with E-state index in [4.69, 9.17) is 4.98 Å². The molecule has 2 N–H and O–H groups in total. The predicted molar refractivity (Wildman–Crippen MR) is 172 cm³/mol. The van der Waals surface area contributed by atoms with Gasteiger partial charge in [-0.1, -0.05) is 92.7 Å². The lowest BCUT2D eigenvalue weighted by Gasteiger charge is -2.36. The zero-order valence-corrected chi connectivity index (χ0v) is 25.6. The number of aromatic nitrogens is 1. The first-order valence-corrected chi connectivity index (χ1v) is 15.2. The van der Waals surface area contributed by atoms with E-state index in [1.807, 2.05) is 111 Å². The van der Waals surface area contributed by atoms with Gasteiger partial charge in [0.15, 0.2) is 0 Å². The van der Waals surface area contributed by atoms with Crippen LogP contribution < -0.4 is 5.32 Å². The molecular weight excluding hydrogens is 552 g/mol. The fourth-order valence-electron chi connectivity index (χ4n) is 5.97. The first kappa shape index (κ1) is 30.9. The second kappa shape index (κ2) is 13.4. The average Bonchev–Trinajstić information content (AvgIpc) is 3.01. The molecule has 0 radical (unpaired) electrons. The highest BCUT2D eigenvalue weighted by Crippen LogP contribution is 2.32. The number of hydrogen-bond donors (Lipinski definition) is 2. The summed E-state index contributed by atoms with van der Waals surface area (Å²) in [5.74, 6) is -1.08. The van der Waals surface area contributed by atoms with Crippen molar-refractivity contribution < 1.29 is 19.5 Å². The molecule has 1 aliphatic heterocycles. The standard InChI is InChI=1S/C36H40N4O4/c1-25(26-12-6-4-7-13-26)37-35(44)33-28-16-10-11-17-30(28)38-34(27-14-8-5-9-15-27)29(33)24-39-18-20-40(21-19-39)31(41)22-36(2,3)23-32(42)43/h4-17,25H,18-24H2,1-3H3,(H,37,44)(H,42,43). The number of rotatable bonds is 10. The first-order valence-electron chi connectivity index (χ1n) is 15.2. The van der Waals surface area contributed by atoms with E-state index in [0.29, 0.717) is 38.3 Å². The monoisotopic (exact) mass is 592 g/mol. The van der Waals surface area contributed by atoms with Crippen molar-refractivity contribution in [3.63, 3.8) is 0 Å². The molecule has 1 aliphatic rings. The average molecular weight is 593 g/mol. The van der Waals surface area contributed by atoms with E-state index in [9.17, 15) is 19.5 Å². The minimum Gasteiger partial charge on any atom is -0.481 e. The number of carbonyl (C=O) groups is 3. The third kappa shape index (κ3) is 7.32. The van der Waals surface area contributed by atoms with Crippen LogP contribution in [0.2, 0.25) is 0 Å². The number of fused-ring (bicyclic) bond motifs is 1. The van der Waals surface area contributed by atoms with Crippen molar-refractivity contribution in [2.45, 2.75) is 46.2 Å². The summed E-state index contributed by atoms with van der Waals surface area (Å²) in [7, 11) is 0. The van der Waals surface area contributed by atoms with E-state index in [1.165, 1.54) is 0 Å². The number of aliphatic carboxylic acids is 1. The summed E-state index contributed by atoms with van der Waals surface area (Å²) in [5, 5.41) is 13.3. The number of benzene rings is 3. The molecule has 1 atom stereocenters. The third-order valence-corrected chi connectivity index (χ3v) is 8.28. The number of carbonyl (C=O) groups excluding carboxylic acids is 2. The number of nitrogens with zero attached hydrogens (tertiary/aromatic N) is 3. The minimum atomic E-state index is -0.899. The molecule has 1 fully saturated rings. The number of hydrogen-bond acceptors (Lipinski definition) is 5. The molecule has 8 nitrogen and oxygen atoms in total. The highest BCUT2D eigenvalue weighted by molar-refractivity contribution is 6.09. The zero-order valence-electron chi connectivity index (χ0n) is 25.6. The van der Waals surface area contributed by atoms with Gasteiger partial charge in [0.05, 0.1) is 29.2 Å². The maximum atomic E-state index is 14.2. The van der Waals surface area contributed by atoms with Crippen molar-refractivity contribution in [2.24, 2.45) is 5.41 Å². The van der Waals surface area contributed by atoms with Crippen LogP contribution in [-0.4, -0.2) is 63.9 Å². The minimum absolute atomic E-state index is 0.0248. The van der Waals surface area contributed by atoms with Gasteiger partial charge in [0.1, 0.15) is 0 Å². The number of pyridine rings is 1. The molecular formula is C36H40N4O4. The molecule has 4 aromatic rings. The Morgan fingerprint density at radius 1 is 0.864 bits per heavy atom. The van der Waals surface area contributed by atoms with E-state index in [2.05, 4.69) is 10.2 Å². The van der Waals surface area contributed by atoms with Gasteiger partial charge in [-0.15, -0.1) is 0 Å². The molecule has 1 unspecified atom stereocenters. The van der Waals surface area contributed by atoms with E-state index < -0.39 is 11.4 Å². The van der Waals surface area contributed by atoms with Crippen LogP contribution in [-0.2, 0) is 16.1 Å². The Hall–Kier alpha value is -4.56. The summed E-state index contributed by atoms with van der Waals surface area (Å²) in [6.45, 7) is 8.46. The van der Waals surface area contributed by atoms with Crippen LogP contribution in [0.3, 0.4) is 0 Å². The topological polar surface area (TPSA) is 103 Å². The predicted octanol–water partition coefficient (Wildman–Crippen LogP) is 5.93. The SMILES string of the molecule is CC(NC(=O)c1c(CN2CCN(C(=O)CC(C)(C)CC(=O)O)CC2)c(-c2ccccc2)nc2ccccc12)c1ccccc1. The van der Waals surface area contributed by atoms with Gasteiger partial charge in [-0.3, -0.25) is 19.3 Å². The molecule has 44 heavy (non-hydrogen) atoms. The molecule has 1 aromatic heterocycles. The lowest BCUT2D eigenvalue weighted by atomic mass is 9.85. The maximum absolute atomic E-state index is 14.2. The maximum Gasteiger partial charge on any atom is 0.303 e. The lowest BCUT2D eigenvalue weighted by molar-refractivity contribution is -0.141. The first-order chi connectivity index (χ1) is 21.1. The molecule has 3 aromatic carbocycles. The van der Waals surface area contributed by atoms with Crippen LogP contribution in [0, 0.1) is 5.41 Å². The van der Waals surface area contributed by atoms with Crippen LogP contribution in [0.4, 0.5) is 0 Å².